The van der Waals surface area contributed by atoms with Crippen LogP contribution in [0.5, 0.6) is 0 Å². The molecule has 4 N–H and O–H groups in total. The fourth-order valence-electron chi connectivity index (χ4n) is 2.31. The summed E-state index contributed by atoms with van der Waals surface area (Å²) in [6, 6.07) is 3.99. The van der Waals surface area contributed by atoms with E-state index in [1.165, 1.54) is 18.2 Å². The van der Waals surface area contributed by atoms with Gasteiger partial charge in [-0.25, -0.2) is 18.8 Å². The predicted molar refractivity (Wildman–Crippen MR) is 93.0 cm³/mol. The van der Waals surface area contributed by atoms with E-state index in [1.54, 1.807) is 4.90 Å². The standard InChI is InChI=1S/C14H15BrFN7O3/c15-9-7-8(1-2-10(9)16)19-13(20-25)11-12(22-26-21-11)17-3-5-23-6-4-18-14(23)24/h1-2,7,25H,3-6H2,(H,17,22)(H,18,24)(H,19,20). The lowest BCUT2D eigenvalue weighted by Gasteiger charge is -2.14. The summed E-state index contributed by atoms with van der Waals surface area (Å²) in [4.78, 5) is 17.3. The summed E-state index contributed by atoms with van der Waals surface area (Å²) in [5.41, 5.74) is 2.44. The highest BCUT2D eigenvalue weighted by Crippen LogP contribution is 2.23. The Hall–Kier alpha value is -2.73. The Bertz CT molecular complexity index is 829. The number of hydrogen-bond donors (Lipinski definition) is 4. The number of carbonyl (C=O) groups excluding carboxylic acids is 1. The van der Waals surface area contributed by atoms with Crippen molar-refractivity contribution in [1.82, 2.24) is 26.0 Å². The van der Waals surface area contributed by atoms with Gasteiger partial charge in [0.05, 0.1) is 10.2 Å². The van der Waals surface area contributed by atoms with Crippen LogP contribution in [0.1, 0.15) is 5.69 Å². The van der Waals surface area contributed by atoms with Crippen molar-refractivity contribution < 1.29 is 19.0 Å². The summed E-state index contributed by atoms with van der Waals surface area (Å²) in [7, 11) is 0. The first-order chi connectivity index (χ1) is 12.6. The zero-order valence-corrected chi connectivity index (χ0v) is 15.0. The van der Waals surface area contributed by atoms with Crippen molar-refractivity contribution in [2.45, 2.75) is 0 Å². The molecule has 1 aliphatic rings. The lowest BCUT2D eigenvalue weighted by Crippen LogP contribution is -2.32. The van der Waals surface area contributed by atoms with Gasteiger partial charge in [-0.15, -0.1) is 0 Å². The maximum Gasteiger partial charge on any atom is 0.317 e. The molecular weight excluding hydrogens is 413 g/mol. The van der Waals surface area contributed by atoms with Gasteiger partial charge < -0.3 is 15.5 Å². The second kappa shape index (κ2) is 8.10. The first kappa shape index (κ1) is 18.1. The van der Waals surface area contributed by atoms with Gasteiger partial charge in [0.1, 0.15) is 5.82 Å². The maximum absolute atomic E-state index is 13.3. The smallest absolute Gasteiger partial charge is 0.317 e. The van der Waals surface area contributed by atoms with Gasteiger partial charge in [0, 0.05) is 26.2 Å². The second-order valence-corrected chi connectivity index (χ2v) is 6.13. The molecule has 1 fully saturated rings. The molecule has 0 radical (unpaired) electrons. The topological polar surface area (TPSA) is 128 Å². The highest BCUT2D eigenvalue weighted by Gasteiger charge is 2.20. The van der Waals surface area contributed by atoms with Crippen LogP contribution in [0.2, 0.25) is 0 Å². The number of anilines is 1. The number of urea groups is 1. The van der Waals surface area contributed by atoms with E-state index in [4.69, 9.17) is 4.63 Å². The van der Waals surface area contributed by atoms with Gasteiger partial charge in [-0.3, -0.25) is 10.7 Å². The molecule has 0 bridgehead atoms. The number of amidine groups is 1. The second-order valence-electron chi connectivity index (χ2n) is 5.28. The fourth-order valence-corrected chi connectivity index (χ4v) is 2.67. The highest BCUT2D eigenvalue weighted by molar-refractivity contribution is 9.10. The molecule has 26 heavy (non-hydrogen) atoms. The number of rotatable bonds is 6. The monoisotopic (exact) mass is 427 g/mol. The van der Waals surface area contributed by atoms with Crippen molar-refractivity contribution in [3.8, 4) is 0 Å². The Morgan fingerprint density at radius 3 is 3.04 bits per heavy atom. The highest BCUT2D eigenvalue weighted by atomic mass is 79.9. The van der Waals surface area contributed by atoms with Gasteiger partial charge in [-0.05, 0) is 44.4 Å². The quantitative estimate of drug-likeness (QED) is 0.312. The van der Waals surface area contributed by atoms with Crippen LogP contribution < -0.4 is 16.1 Å². The number of aromatic nitrogens is 2. The summed E-state index contributed by atoms with van der Waals surface area (Å²) in [5, 5.41) is 22.5. The van der Waals surface area contributed by atoms with Gasteiger partial charge in [0.2, 0.25) is 5.82 Å². The van der Waals surface area contributed by atoms with Crippen LogP contribution in [0.3, 0.4) is 0 Å². The summed E-state index contributed by atoms with van der Waals surface area (Å²) in [5.74, 6) is -0.226. The Balaban J connectivity index is 1.71. The predicted octanol–water partition coefficient (Wildman–Crippen LogP) is 1.47. The van der Waals surface area contributed by atoms with Crippen molar-refractivity contribution >= 4 is 39.3 Å². The third-order valence-electron chi connectivity index (χ3n) is 3.58. The van der Waals surface area contributed by atoms with Crippen LogP contribution in [-0.2, 0) is 0 Å². The van der Waals surface area contributed by atoms with Crippen molar-refractivity contribution in [2.24, 2.45) is 4.99 Å². The Labute approximate surface area is 155 Å². The number of nitrogens with one attached hydrogen (secondary N) is 3. The average molecular weight is 428 g/mol. The number of amides is 2. The molecule has 2 aromatic rings. The van der Waals surface area contributed by atoms with Crippen LogP contribution in [0, 0.1) is 5.82 Å². The molecule has 3 rings (SSSR count). The maximum atomic E-state index is 13.3. The van der Waals surface area contributed by atoms with Crippen molar-refractivity contribution in [3.05, 3.63) is 34.2 Å². The van der Waals surface area contributed by atoms with Crippen LogP contribution in [0.4, 0.5) is 20.7 Å². The third-order valence-corrected chi connectivity index (χ3v) is 4.19. The summed E-state index contributed by atoms with van der Waals surface area (Å²) >= 11 is 3.07. The normalized spacial score (nSPS) is 14.5. The van der Waals surface area contributed by atoms with Crippen molar-refractivity contribution in [3.63, 3.8) is 0 Å². The molecule has 2 heterocycles. The molecule has 0 spiro atoms. The minimum atomic E-state index is -0.432. The minimum absolute atomic E-state index is 0.0360. The zero-order chi connectivity index (χ0) is 18.5. The molecule has 0 unspecified atom stereocenters. The van der Waals surface area contributed by atoms with Gasteiger partial charge in [0.25, 0.3) is 0 Å². The molecule has 0 atom stereocenters. The van der Waals surface area contributed by atoms with Crippen LogP contribution in [0.15, 0.2) is 32.3 Å². The first-order valence-electron chi connectivity index (χ1n) is 7.62. The molecule has 0 aliphatic carbocycles. The van der Waals surface area contributed by atoms with Crippen molar-refractivity contribution in [2.75, 3.05) is 31.5 Å². The van der Waals surface area contributed by atoms with E-state index in [1.807, 2.05) is 5.48 Å². The van der Waals surface area contributed by atoms with E-state index < -0.39 is 5.82 Å². The fraction of sp³-hybridized carbons (Fsp3) is 0.286. The third kappa shape index (κ3) is 4.08. The summed E-state index contributed by atoms with van der Waals surface area (Å²) in [6.07, 6.45) is 0. The number of hydroxylamine groups is 1. The number of benzene rings is 1. The number of nitrogens with zero attached hydrogens (tertiary/aromatic N) is 4. The first-order valence-corrected chi connectivity index (χ1v) is 8.41. The lowest BCUT2D eigenvalue weighted by molar-refractivity contribution is 0.219. The van der Waals surface area contributed by atoms with Gasteiger partial charge >= 0.3 is 6.03 Å². The molecule has 1 saturated heterocycles. The summed E-state index contributed by atoms with van der Waals surface area (Å²) < 4.78 is 18.2. The number of carbonyl (C=O) groups is 1. The Morgan fingerprint density at radius 2 is 2.35 bits per heavy atom. The van der Waals surface area contributed by atoms with Gasteiger partial charge in [-0.2, -0.15) is 0 Å². The van der Waals surface area contributed by atoms with E-state index in [9.17, 15) is 14.4 Å². The van der Waals surface area contributed by atoms with Crippen LogP contribution in [-0.4, -0.2) is 58.5 Å². The summed E-state index contributed by atoms with van der Waals surface area (Å²) in [6.45, 7) is 2.11. The van der Waals surface area contributed by atoms with Gasteiger partial charge in [0.15, 0.2) is 11.5 Å². The molecule has 1 aliphatic heterocycles. The molecule has 138 valence electrons. The van der Waals surface area contributed by atoms with Crippen LogP contribution in [0.25, 0.3) is 0 Å². The number of halogens is 2. The zero-order valence-electron chi connectivity index (χ0n) is 13.4. The van der Waals surface area contributed by atoms with E-state index >= 15 is 0 Å². The molecule has 10 nitrogen and oxygen atoms in total. The Kier molecular flexibility index (Phi) is 5.63. The SMILES string of the molecule is O=C1NCCN1CCNc1nonc1C(=Nc1ccc(F)c(Br)c1)NO. The average Bonchev–Trinajstić information content (AvgIpc) is 3.25. The minimum Gasteiger partial charge on any atom is -0.363 e. The number of aliphatic imine (C=N–C) groups is 1. The molecular formula is C14H15BrFN7O3. The van der Waals surface area contributed by atoms with E-state index in [0.29, 0.717) is 31.9 Å². The van der Waals surface area contributed by atoms with E-state index in [0.717, 1.165) is 0 Å². The largest absolute Gasteiger partial charge is 0.363 e. The van der Waals surface area contributed by atoms with E-state index in [2.05, 4.69) is 41.9 Å². The van der Waals surface area contributed by atoms with E-state index in [-0.39, 0.29) is 27.9 Å². The van der Waals surface area contributed by atoms with Crippen LogP contribution >= 0.6 is 15.9 Å². The molecule has 12 heteroatoms. The molecule has 1 aromatic heterocycles. The molecule has 0 saturated carbocycles. The lowest BCUT2D eigenvalue weighted by atomic mass is 10.3. The molecule has 2 amide bonds. The van der Waals surface area contributed by atoms with Gasteiger partial charge in [-0.1, -0.05) is 0 Å². The number of hydrogen-bond acceptors (Lipinski definition) is 7. The molecule has 1 aromatic carbocycles. The Morgan fingerprint density at radius 1 is 1.50 bits per heavy atom. The van der Waals surface area contributed by atoms with Crippen molar-refractivity contribution in [1.29, 1.82) is 0 Å².